The summed E-state index contributed by atoms with van der Waals surface area (Å²) in [5, 5.41) is 6.94. The molecule has 0 saturated carbocycles. The van der Waals surface area contributed by atoms with Crippen LogP contribution in [0.15, 0.2) is 70.6 Å². The van der Waals surface area contributed by atoms with Crippen LogP contribution in [0, 0.1) is 0 Å². The first kappa shape index (κ1) is 21.2. The van der Waals surface area contributed by atoms with Crippen LogP contribution in [0.2, 0.25) is 0 Å². The van der Waals surface area contributed by atoms with Crippen LogP contribution in [0.5, 0.6) is 0 Å². The summed E-state index contributed by atoms with van der Waals surface area (Å²) in [5.74, 6) is -0.241. The van der Waals surface area contributed by atoms with Gasteiger partial charge in [-0.05, 0) is 42.8 Å². The second-order valence-corrected chi connectivity index (χ2v) is 9.01. The zero-order valence-electron chi connectivity index (χ0n) is 15.6. The molecule has 0 aliphatic heterocycles. The van der Waals surface area contributed by atoms with E-state index in [-0.39, 0.29) is 29.8 Å². The van der Waals surface area contributed by atoms with Crippen molar-refractivity contribution >= 4 is 31.9 Å². The van der Waals surface area contributed by atoms with Gasteiger partial charge in [0.2, 0.25) is 15.9 Å². The topological polar surface area (TPSA) is 106 Å². The number of hydrogen-bond acceptors (Lipinski definition) is 5. The maximum Gasteiger partial charge on any atom is 0.240 e. The Hall–Kier alpha value is -2.56. The van der Waals surface area contributed by atoms with Crippen molar-refractivity contribution in [2.75, 3.05) is 6.54 Å². The molecule has 0 bridgehead atoms. The van der Waals surface area contributed by atoms with Gasteiger partial charge in [0.15, 0.2) is 0 Å². The summed E-state index contributed by atoms with van der Waals surface area (Å²) >= 11 is 3.25. The molecule has 0 spiro atoms. The number of hydrogen-bond donors (Lipinski definition) is 2. The molecule has 0 fully saturated rings. The number of nitrogens with zero attached hydrogens (tertiary/aromatic N) is 3. The molecule has 0 aliphatic carbocycles. The third kappa shape index (κ3) is 5.72. The van der Waals surface area contributed by atoms with E-state index in [4.69, 9.17) is 0 Å². The van der Waals surface area contributed by atoms with Gasteiger partial charge < -0.3 is 5.32 Å². The first-order valence-electron chi connectivity index (χ1n) is 8.85. The van der Waals surface area contributed by atoms with Crippen LogP contribution in [0.4, 0.5) is 0 Å². The predicted molar refractivity (Wildman–Crippen MR) is 112 cm³/mol. The van der Waals surface area contributed by atoms with Crippen molar-refractivity contribution in [3.05, 3.63) is 71.2 Å². The molecule has 2 N–H and O–H groups in total. The van der Waals surface area contributed by atoms with Crippen molar-refractivity contribution in [3.8, 4) is 5.69 Å². The maximum atomic E-state index is 12.3. The van der Waals surface area contributed by atoms with Crippen LogP contribution < -0.4 is 10.0 Å². The van der Waals surface area contributed by atoms with Gasteiger partial charge in [0.25, 0.3) is 0 Å². The number of carbonyl (C=O) groups is 1. The Morgan fingerprint density at radius 1 is 1.21 bits per heavy atom. The minimum atomic E-state index is -3.66. The van der Waals surface area contributed by atoms with Crippen LogP contribution in [0.25, 0.3) is 5.69 Å². The highest BCUT2D eigenvalue weighted by Gasteiger charge is 2.15. The van der Waals surface area contributed by atoms with Gasteiger partial charge in [-0.1, -0.05) is 34.1 Å². The molecule has 1 atom stereocenters. The Morgan fingerprint density at radius 2 is 1.97 bits per heavy atom. The highest BCUT2D eigenvalue weighted by Crippen LogP contribution is 2.17. The fourth-order valence-corrected chi connectivity index (χ4v) is 4.30. The average molecular weight is 478 g/mol. The predicted octanol–water partition coefficient (Wildman–Crippen LogP) is 2.58. The molecule has 0 saturated heterocycles. The zero-order valence-corrected chi connectivity index (χ0v) is 18.0. The highest BCUT2D eigenvalue weighted by atomic mass is 79.9. The van der Waals surface area contributed by atoms with Crippen molar-refractivity contribution in [1.29, 1.82) is 0 Å². The number of sulfonamides is 1. The van der Waals surface area contributed by atoms with Crippen LogP contribution in [0.1, 0.15) is 24.9 Å². The van der Waals surface area contributed by atoms with Gasteiger partial charge in [-0.25, -0.2) is 22.8 Å². The lowest BCUT2D eigenvalue weighted by Gasteiger charge is -2.15. The van der Waals surface area contributed by atoms with E-state index in [0.29, 0.717) is 4.47 Å². The van der Waals surface area contributed by atoms with Crippen LogP contribution in [-0.2, 0) is 14.8 Å². The monoisotopic (exact) mass is 477 g/mol. The summed E-state index contributed by atoms with van der Waals surface area (Å²) in [4.78, 5) is 16.2. The smallest absolute Gasteiger partial charge is 0.240 e. The van der Waals surface area contributed by atoms with E-state index in [2.05, 4.69) is 36.1 Å². The van der Waals surface area contributed by atoms with Crippen LogP contribution >= 0.6 is 15.9 Å². The fourth-order valence-electron chi connectivity index (χ4n) is 2.67. The minimum Gasteiger partial charge on any atom is -0.350 e. The first-order chi connectivity index (χ1) is 13.8. The first-order valence-corrected chi connectivity index (χ1v) is 11.1. The van der Waals surface area contributed by atoms with Crippen LogP contribution in [0.3, 0.4) is 0 Å². The van der Waals surface area contributed by atoms with E-state index < -0.39 is 10.0 Å². The van der Waals surface area contributed by atoms with Gasteiger partial charge in [-0.3, -0.25) is 4.79 Å². The lowest BCUT2D eigenvalue weighted by Crippen LogP contribution is -2.32. The van der Waals surface area contributed by atoms with E-state index in [1.54, 1.807) is 23.1 Å². The molecule has 1 unspecified atom stereocenters. The normalized spacial score (nSPS) is 12.5. The molecule has 0 aliphatic rings. The summed E-state index contributed by atoms with van der Waals surface area (Å²) in [6.45, 7) is 1.88. The van der Waals surface area contributed by atoms with Crippen molar-refractivity contribution < 1.29 is 13.2 Å². The number of benzene rings is 2. The van der Waals surface area contributed by atoms with Gasteiger partial charge in [0, 0.05) is 17.4 Å². The zero-order chi connectivity index (χ0) is 20.9. The number of rotatable bonds is 8. The number of nitrogens with one attached hydrogen (secondary N) is 2. The number of amides is 1. The van der Waals surface area contributed by atoms with Crippen molar-refractivity contribution in [1.82, 2.24) is 24.8 Å². The van der Waals surface area contributed by atoms with E-state index >= 15 is 0 Å². The molecule has 3 aromatic rings. The lowest BCUT2D eigenvalue weighted by atomic mass is 10.1. The Balaban J connectivity index is 1.50. The molecule has 8 nitrogen and oxygen atoms in total. The molecule has 3 rings (SSSR count). The van der Waals surface area contributed by atoms with E-state index in [9.17, 15) is 13.2 Å². The summed E-state index contributed by atoms with van der Waals surface area (Å²) in [6, 6.07) is 13.8. The molecule has 10 heteroatoms. The maximum absolute atomic E-state index is 12.3. The molecular weight excluding hydrogens is 458 g/mol. The summed E-state index contributed by atoms with van der Waals surface area (Å²) < 4.78 is 29.3. The SMILES string of the molecule is CC(NC(=O)CCNS(=O)(=O)c1cccc(Br)c1)c1ccc(-n2cncn2)cc1. The van der Waals surface area contributed by atoms with Gasteiger partial charge in [-0.2, -0.15) is 5.10 Å². The molecule has 152 valence electrons. The van der Waals surface area contributed by atoms with Crippen molar-refractivity contribution in [2.24, 2.45) is 0 Å². The Labute approximate surface area is 177 Å². The van der Waals surface area contributed by atoms with Crippen molar-refractivity contribution in [3.63, 3.8) is 0 Å². The number of carbonyl (C=O) groups excluding carboxylic acids is 1. The second-order valence-electron chi connectivity index (χ2n) is 6.33. The summed E-state index contributed by atoms with van der Waals surface area (Å²) in [7, 11) is -3.66. The Morgan fingerprint density at radius 3 is 2.62 bits per heavy atom. The Bertz CT molecular complexity index is 1070. The molecule has 1 heterocycles. The van der Waals surface area contributed by atoms with Crippen molar-refractivity contribution in [2.45, 2.75) is 24.3 Å². The third-order valence-electron chi connectivity index (χ3n) is 4.20. The van der Waals surface area contributed by atoms with Crippen LogP contribution in [-0.4, -0.2) is 35.6 Å². The molecule has 1 aromatic heterocycles. The molecule has 2 aromatic carbocycles. The standard InChI is InChI=1S/C19H20BrN5O3S/c1-14(15-5-7-17(8-6-15)25-13-21-12-22-25)24-19(26)9-10-23-29(27,28)18-4-2-3-16(20)11-18/h2-8,11-14,23H,9-10H2,1H3,(H,24,26). The lowest BCUT2D eigenvalue weighted by molar-refractivity contribution is -0.121. The minimum absolute atomic E-state index is 0.0125. The van der Waals surface area contributed by atoms with E-state index in [1.165, 1.54) is 18.5 Å². The van der Waals surface area contributed by atoms with E-state index in [0.717, 1.165) is 11.3 Å². The highest BCUT2D eigenvalue weighted by molar-refractivity contribution is 9.10. The quantitative estimate of drug-likeness (QED) is 0.518. The van der Waals surface area contributed by atoms with Gasteiger partial charge >= 0.3 is 0 Å². The largest absolute Gasteiger partial charge is 0.350 e. The molecule has 0 radical (unpaired) electrons. The molecule has 1 amide bonds. The van der Waals surface area contributed by atoms with E-state index in [1.807, 2.05) is 31.2 Å². The molecular formula is C19H20BrN5O3S. The third-order valence-corrected chi connectivity index (χ3v) is 6.16. The Kier molecular flexibility index (Phi) is 6.78. The van der Waals surface area contributed by atoms with Gasteiger partial charge in [-0.15, -0.1) is 0 Å². The second kappa shape index (κ2) is 9.29. The summed E-state index contributed by atoms with van der Waals surface area (Å²) in [6.07, 6.45) is 3.10. The summed E-state index contributed by atoms with van der Waals surface area (Å²) in [5.41, 5.74) is 1.80. The van der Waals surface area contributed by atoms with Gasteiger partial charge in [0.1, 0.15) is 12.7 Å². The number of halogens is 1. The average Bonchev–Trinajstić information content (AvgIpc) is 3.23. The molecule has 29 heavy (non-hydrogen) atoms. The number of aromatic nitrogens is 3. The van der Waals surface area contributed by atoms with Gasteiger partial charge in [0.05, 0.1) is 16.6 Å². The fraction of sp³-hybridized carbons (Fsp3) is 0.211.